The van der Waals surface area contributed by atoms with Crippen molar-refractivity contribution in [3.05, 3.63) is 89.9 Å². The molecule has 0 aliphatic carbocycles. The first-order chi connectivity index (χ1) is 14.1. The number of hydrogen-bond acceptors (Lipinski definition) is 4. The van der Waals surface area contributed by atoms with Crippen molar-refractivity contribution in [2.45, 2.75) is 19.9 Å². The lowest BCUT2D eigenvalue weighted by Crippen LogP contribution is -2.35. The zero-order chi connectivity index (χ0) is 20.5. The van der Waals surface area contributed by atoms with Gasteiger partial charge in [0.15, 0.2) is 0 Å². The molecule has 3 aromatic rings. The Hall–Kier alpha value is -3.74. The van der Waals surface area contributed by atoms with Crippen LogP contribution in [0.1, 0.15) is 27.9 Å². The molecule has 0 aliphatic heterocycles. The van der Waals surface area contributed by atoms with Crippen LogP contribution >= 0.6 is 0 Å². The van der Waals surface area contributed by atoms with Crippen LogP contribution in [-0.4, -0.2) is 32.9 Å². The molecule has 0 saturated heterocycles. The van der Waals surface area contributed by atoms with Crippen LogP contribution in [0.15, 0.2) is 73.2 Å². The largest absolute Gasteiger partial charge is 0.351 e. The summed E-state index contributed by atoms with van der Waals surface area (Å²) in [5.74, 6) is -0.686. The number of nitrogens with zero attached hydrogens (tertiary/aromatic N) is 3. The Morgan fingerprint density at radius 3 is 2.62 bits per heavy atom. The lowest BCUT2D eigenvalue weighted by Gasteiger charge is -2.11. The molecule has 2 aromatic heterocycles. The summed E-state index contributed by atoms with van der Waals surface area (Å²) in [4.78, 5) is 33.3. The molecule has 7 nitrogen and oxygen atoms in total. The zero-order valence-electron chi connectivity index (χ0n) is 16.2. The number of nitrogens with one attached hydrogen (secondary N) is 2. The van der Waals surface area contributed by atoms with Crippen LogP contribution in [0.4, 0.5) is 0 Å². The molecule has 3 rings (SSSR count). The van der Waals surface area contributed by atoms with E-state index in [1.165, 1.54) is 0 Å². The van der Waals surface area contributed by atoms with E-state index in [0.29, 0.717) is 12.1 Å². The number of imidazole rings is 1. The normalized spacial score (nSPS) is 11.1. The second-order valence-electron chi connectivity index (χ2n) is 6.57. The number of pyridine rings is 1. The first kappa shape index (κ1) is 20.0. The van der Waals surface area contributed by atoms with E-state index >= 15 is 0 Å². The fraction of sp³-hybridized carbons (Fsp3) is 0.182. The number of carbonyl (C=O) groups excluding carboxylic acids is 2. The van der Waals surface area contributed by atoms with E-state index in [0.717, 1.165) is 24.1 Å². The van der Waals surface area contributed by atoms with Gasteiger partial charge in [0, 0.05) is 43.4 Å². The van der Waals surface area contributed by atoms with Crippen LogP contribution < -0.4 is 10.6 Å². The Balaban J connectivity index is 1.67. The van der Waals surface area contributed by atoms with E-state index in [4.69, 9.17) is 0 Å². The standard InChI is InChI=1S/C22H23N5O2/c1-17-5-7-19(8-6-17)21(28)26-20(14-18-4-2-9-23-15-18)22(29)25-10-3-12-27-13-11-24-16-27/h2,4-9,11,13-16H,3,10,12H2,1H3,(H,25,29)(H,26,28)/b20-14-. The molecular weight excluding hydrogens is 366 g/mol. The highest BCUT2D eigenvalue weighted by Crippen LogP contribution is 2.07. The van der Waals surface area contributed by atoms with Gasteiger partial charge in [0.2, 0.25) is 0 Å². The van der Waals surface area contributed by atoms with Crippen molar-refractivity contribution in [3.8, 4) is 0 Å². The summed E-state index contributed by atoms with van der Waals surface area (Å²) in [7, 11) is 0. The lowest BCUT2D eigenvalue weighted by molar-refractivity contribution is -0.117. The highest BCUT2D eigenvalue weighted by Gasteiger charge is 2.14. The maximum absolute atomic E-state index is 12.7. The van der Waals surface area contributed by atoms with Crippen LogP contribution in [-0.2, 0) is 11.3 Å². The number of amides is 2. The van der Waals surface area contributed by atoms with Gasteiger partial charge in [-0.05, 0) is 43.2 Å². The summed E-state index contributed by atoms with van der Waals surface area (Å²) in [5, 5.41) is 5.58. The molecule has 0 unspecified atom stereocenters. The molecule has 1 aromatic carbocycles. The van der Waals surface area contributed by atoms with Crippen molar-refractivity contribution in [1.29, 1.82) is 0 Å². The summed E-state index contributed by atoms with van der Waals surface area (Å²) >= 11 is 0. The van der Waals surface area contributed by atoms with Crippen LogP contribution in [0.2, 0.25) is 0 Å². The maximum Gasteiger partial charge on any atom is 0.267 e. The van der Waals surface area contributed by atoms with E-state index in [2.05, 4.69) is 20.6 Å². The van der Waals surface area contributed by atoms with Gasteiger partial charge in [-0.1, -0.05) is 23.8 Å². The Morgan fingerprint density at radius 1 is 1.10 bits per heavy atom. The van der Waals surface area contributed by atoms with Crippen molar-refractivity contribution in [2.75, 3.05) is 6.54 Å². The molecule has 0 bridgehead atoms. The highest BCUT2D eigenvalue weighted by atomic mass is 16.2. The zero-order valence-corrected chi connectivity index (χ0v) is 16.2. The van der Waals surface area contributed by atoms with Crippen LogP contribution in [0.5, 0.6) is 0 Å². The Morgan fingerprint density at radius 2 is 1.93 bits per heavy atom. The number of benzene rings is 1. The van der Waals surface area contributed by atoms with E-state index in [1.807, 2.05) is 35.9 Å². The third kappa shape index (κ3) is 6.14. The smallest absolute Gasteiger partial charge is 0.267 e. The molecule has 2 amide bonds. The number of aryl methyl sites for hydroxylation is 2. The molecule has 148 valence electrons. The van der Waals surface area contributed by atoms with E-state index < -0.39 is 0 Å². The average Bonchev–Trinajstić information content (AvgIpc) is 3.25. The summed E-state index contributed by atoms with van der Waals surface area (Å²) in [5.41, 5.74) is 2.44. The molecular formula is C22H23N5O2. The van der Waals surface area contributed by atoms with Gasteiger partial charge in [-0.25, -0.2) is 4.98 Å². The minimum absolute atomic E-state index is 0.172. The van der Waals surface area contributed by atoms with Crippen molar-refractivity contribution in [2.24, 2.45) is 0 Å². The van der Waals surface area contributed by atoms with E-state index in [1.54, 1.807) is 49.2 Å². The van der Waals surface area contributed by atoms with Gasteiger partial charge in [0.05, 0.1) is 6.33 Å². The topological polar surface area (TPSA) is 88.9 Å². The number of rotatable bonds is 8. The predicted octanol–water partition coefficient (Wildman–Crippen LogP) is 2.56. The van der Waals surface area contributed by atoms with E-state index in [-0.39, 0.29) is 17.5 Å². The second-order valence-corrected chi connectivity index (χ2v) is 6.57. The maximum atomic E-state index is 12.7. The van der Waals surface area contributed by atoms with Crippen LogP contribution in [0.25, 0.3) is 6.08 Å². The summed E-state index contributed by atoms with van der Waals surface area (Å²) in [6.45, 7) is 3.17. The summed E-state index contributed by atoms with van der Waals surface area (Å²) < 4.78 is 1.94. The third-order valence-electron chi connectivity index (χ3n) is 4.24. The molecule has 0 fully saturated rings. The molecule has 29 heavy (non-hydrogen) atoms. The SMILES string of the molecule is Cc1ccc(C(=O)N/C(=C\c2cccnc2)C(=O)NCCCn2ccnc2)cc1. The van der Waals surface area contributed by atoms with Gasteiger partial charge < -0.3 is 15.2 Å². The summed E-state index contributed by atoms with van der Waals surface area (Å²) in [6, 6.07) is 10.8. The number of aromatic nitrogens is 3. The molecule has 2 N–H and O–H groups in total. The van der Waals surface area contributed by atoms with Crippen LogP contribution in [0.3, 0.4) is 0 Å². The Labute approximate surface area is 169 Å². The molecule has 2 heterocycles. The predicted molar refractivity (Wildman–Crippen MR) is 111 cm³/mol. The second kappa shape index (κ2) is 9.98. The van der Waals surface area contributed by atoms with Gasteiger partial charge >= 0.3 is 0 Å². The molecule has 0 atom stereocenters. The van der Waals surface area contributed by atoms with E-state index in [9.17, 15) is 9.59 Å². The highest BCUT2D eigenvalue weighted by molar-refractivity contribution is 6.05. The average molecular weight is 389 g/mol. The fourth-order valence-electron chi connectivity index (χ4n) is 2.66. The van der Waals surface area contributed by atoms with Crippen molar-refractivity contribution < 1.29 is 9.59 Å². The molecule has 0 radical (unpaired) electrons. The van der Waals surface area contributed by atoms with Gasteiger partial charge in [-0.15, -0.1) is 0 Å². The fourth-order valence-corrected chi connectivity index (χ4v) is 2.66. The van der Waals surface area contributed by atoms with Crippen molar-refractivity contribution in [1.82, 2.24) is 25.2 Å². The van der Waals surface area contributed by atoms with Gasteiger partial charge in [0.1, 0.15) is 5.70 Å². The minimum Gasteiger partial charge on any atom is -0.351 e. The monoisotopic (exact) mass is 389 g/mol. The van der Waals surface area contributed by atoms with Gasteiger partial charge in [0.25, 0.3) is 11.8 Å². The molecule has 0 spiro atoms. The van der Waals surface area contributed by atoms with Crippen molar-refractivity contribution in [3.63, 3.8) is 0 Å². The third-order valence-corrected chi connectivity index (χ3v) is 4.24. The Kier molecular flexibility index (Phi) is 6.89. The molecule has 0 saturated carbocycles. The number of carbonyl (C=O) groups is 2. The minimum atomic E-state index is -0.347. The van der Waals surface area contributed by atoms with Gasteiger partial charge in [-0.3, -0.25) is 14.6 Å². The first-order valence-electron chi connectivity index (χ1n) is 9.35. The number of hydrogen-bond donors (Lipinski definition) is 2. The molecule has 0 aliphatic rings. The van der Waals surface area contributed by atoms with Gasteiger partial charge in [-0.2, -0.15) is 0 Å². The first-order valence-corrected chi connectivity index (χ1v) is 9.35. The lowest BCUT2D eigenvalue weighted by atomic mass is 10.1. The quantitative estimate of drug-likeness (QED) is 0.458. The Bertz CT molecular complexity index is 964. The van der Waals surface area contributed by atoms with Crippen LogP contribution in [0, 0.1) is 6.92 Å². The summed E-state index contributed by atoms with van der Waals surface area (Å²) in [6.07, 6.45) is 11.0. The van der Waals surface area contributed by atoms with Crippen molar-refractivity contribution >= 4 is 17.9 Å². The molecule has 7 heteroatoms.